The highest BCUT2D eigenvalue weighted by Crippen LogP contribution is 2.35. The minimum Gasteiger partial charge on any atom is -0.444 e. The van der Waals surface area contributed by atoms with Crippen LogP contribution in [0.5, 0.6) is 0 Å². The number of amides is 2. The highest BCUT2D eigenvalue weighted by atomic mass is 32.2. The number of hydrogen-bond acceptors (Lipinski definition) is 7. The summed E-state index contributed by atoms with van der Waals surface area (Å²) >= 11 is 0. The van der Waals surface area contributed by atoms with E-state index in [1.54, 1.807) is 35.4 Å². The van der Waals surface area contributed by atoms with Crippen LogP contribution >= 0.6 is 0 Å². The van der Waals surface area contributed by atoms with E-state index < -0.39 is 32.5 Å². The maximum absolute atomic E-state index is 13.0. The molecule has 1 unspecified atom stereocenters. The number of hydrogen-bond donors (Lipinski definition) is 0. The number of oxazole rings is 1. The van der Waals surface area contributed by atoms with Crippen molar-refractivity contribution in [3.8, 4) is 11.3 Å². The molecule has 3 atom stereocenters. The van der Waals surface area contributed by atoms with Crippen molar-refractivity contribution in [3.63, 3.8) is 0 Å². The van der Waals surface area contributed by atoms with Gasteiger partial charge >= 0.3 is 0 Å². The standard InChI is InChI=1S/C20H22N4O6S/c1-31(29,22-19(25)16-10-17(16)24(27)28)15-6-8-23(9-7-15)20(26)14-4-2-13(3-5-14)18-11-21-12-30-18/h2-5,11-12,15-17H,6-10H2,1H3/t16-,17-,31?/m1/s1. The molecule has 164 valence electrons. The number of benzene rings is 1. The molecule has 1 aliphatic carbocycles. The lowest BCUT2D eigenvalue weighted by molar-refractivity contribution is -0.497. The van der Waals surface area contributed by atoms with Crippen LogP contribution in [0.3, 0.4) is 0 Å². The number of carbonyl (C=O) groups excluding carboxylic acids is 2. The molecule has 4 rings (SSSR count). The van der Waals surface area contributed by atoms with E-state index in [2.05, 4.69) is 9.35 Å². The van der Waals surface area contributed by atoms with Crippen LogP contribution in [0.15, 0.2) is 45.6 Å². The van der Waals surface area contributed by atoms with Crippen molar-refractivity contribution in [2.45, 2.75) is 30.6 Å². The average molecular weight is 446 g/mol. The van der Waals surface area contributed by atoms with Crippen molar-refractivity contribution in [1.82, 2.24) is 9.88 Å². The molecule has 2 fully saturated rings. The Balaban J connectivity index is 1.36. The third-order valence-electron chi connectivity index (χ3n) is 5.81. The van der Waals surface area contributed by atoms with Crippen molar-refractivity contribution in [3.05, 3.63) is 52.5 Å². The summed E-state index contributed by atoms with van der Waals surface area (Å²) in [4.78, 5) is 40.7. The van der Waals surface area contributed by atoms with Gasteiger partial charge in [0.05, 0.1) is 15.9 Å². The Morgan fingerprint density at radius 2 is 1.94 bits per heavy atom. The molecule has 0 spiro atoms. The zero-order valence-electron chi connectivity index (χ0n) is 16.9. The van der Waals surface area contributed by atoms with Gasteiger partial charge in [0, 0.05) is 47.1 Å². The summed E-state index contributed by atoms with van der Waals surface area (Å²) in [6, 6.07) is 6.14. The summed E-state index contributed by atoms with van der Waals surface area (Å²) in [6.45, 7) is 0.811. The van der Waals surface area contributed by atoms with Gasteiger partial charge in [-0.2, -0.15) is 4.36 Å². The van der Waals surface area contributed by atoms with Crippen molar-refractivity contribution >= 4 is 21.5 Å². The molecular formula is C20H22N4O6S. The van der Waals surface area contributed by atoms with Crippen LogP contribution in [0.2, 0.25) is 0 Å². The second-order valence-electron chi connectivity index (χ2n) is 7.92. The van der Waals surface area contributed by atoms with Crippen LogP contribution in [0.1, 0.15) is 29.6 Å². The van der Waals surface area contributed by atoms with Gasteiger partial charge in [-0.05, 0) is 25.0 Å². The van der Waals surface area contributed by atoms with Crippen LogP contribution in [0, 0.1) is 16.0 Å². The van der Waals surface area contributed by atoms with Gasteiger partial charge in [-0.1, -0.05) is 12.1 Å². The molecule has 31 heavy (non-hydrogen) atoms. The van der Waals surface area contributed by atoms with Crippen LogP contribution in [0.25, 0.3) is 11.3 Å². The molecule has 2 amide bonds. The fraction of sp³-hybridized carbons (Fsp3) is 0.450. The maximum atomic E-state index is 13.0. The molecule has 0 radical (unpaired) electrons. The molecule has 2 aromatic rings. The maximum Gasteiger partial charge on any atom is 0.264 e. The lowest BCUT2D eigenvalue weighted by atomic mass is 10.1. The zero-order chi connectivity index (χ0) is 22.2. The minimum atomic E-state index is -2.83. The second kappa shape index (κ2) is 8.22. The minimum absolute atomic E-state index is 0.120. The zero-order valence-corrected chi connectivity index (χ0v) is 17.7. The van der Waals surface area contributed by atoms with E-state index in [1.807, 2.05) is 0 Å². The Morgan fingerprint density at radius 1 is 1.26 bits per heavy atom. The number of likely N-dealkylation sites (tertiary alicyclic amines) is 1. The third kappa shape index (κ3) is 4.50. The predicted octanol–water partition coefficient (Wildman–Crippen LogP) is 2.24. The number of carbonyl (C=O) groups is 2. The molecule has 1 aromatic carbocycles. The van der Waals surface area contributed by atoms with Gasteiger partial charge in [-0.3, -0.25) is 19.7 Å². The molecule has 10 nitrogen and oxygen atoms in total. The van der Waals surface area contributed by atoms with Crippen LogP contribution in [-0.2, 0) is 14.5 Å². The highest BCUT2D eigenvalue weighted by Gasteiger charge is 2.53. The molecule has 2 heterocycles. The van der Waals surface area contributed by atoms with Gasteiger partial charge in [0.1, 0.15) is 5.92 Å². The molecule has 1 aromatic heterocycles. The molecule has 0 N–H and O–H groups in total. The van der Waals surface area contributed by atoms with Crippen molar-refractivity contribution in [1.29, 1.82) is 0 Å². The lowest BCUT2D eigenvalue weighted by Gasteiger charge is -2.32. The SMILES string of the molecule is CS(=O)(=NC(=O)[C@@H]1C[C@H]1[N+](=O)[O-])C1CCN(C(=O)c2ccc(-c3cnco3)cc2)CC1. The number of piperidine rings is 1. The predicted molar refractivity (Wildman–Crippen MR) is 111 cm³/mol. The summed E-state index contributed by atoms with van der Waals surface area (Å²) in [5, 5.41) is 10.4. The van der Waals surface area contributed by atoms with E-state index in [9.17, 15) is 23.9 Å². The largest absolute Gasteiger partial charge is 0.444 e. The topological polar surface area (TPSA) is 136 Å². The van der Waals surface area contributed by atoms with E-state index >= 15 is 0 Å². The quantitative estimate of drug-likeness (QED) is 0.507. The first-order valence-corrected chi connectivity index (χ1v) is 11.9. The number of nitro groups is 1. The van der Waals surface area contributed by atoms with E-state index in [4.69, 9.17) is 4.42 Å². The number of nitrogens with zero attached hydrogens (tertiary/aromatic N) is 4. The van der Waals surface area contributed by atoms with Gasteiger partial charge in [-0.15, -0.1) is 0 Å². The van der Waals surface area contributed by atoms with E-state index in [1.165, 1.54) is 12.6 Å². The van der Waals surface area contributed by atoms with Crippen molar-refractivity contribution in [2.24, 2.45) is 10.3 Å². The van der Waals surface area contributed by atoms with E-state index in [-0.39, 0.29) is 17.6 Å². The van der Waals surface area contributed by atoms with E-state index in [0.29, 0.717) is 37.3 Å². The number of aromatic nitrogens is 1. The second-order valence-corrected chi connectivity index (χ2v) is 10.5. The van der Waals surface area contributed by atoms with Gasteiger partial charge in [0.25, 0.3) is 11.8 Å². The molecule has 1 aliphatic heterocycles. The monoisotopic (exact) mass is 446 g/mol. The fourth-order valence-corrected chi connectivity index (χ4v) is 5.54. The summed E-state index contributed by atoms with van der Waals surface area (Å²) in [5.41, 5.74) is 1.36. The Kier molecular flexibility index (Phi) is 5.61. The molecule has 1 saturated heterocycles. The van der Waals surface area contributed by atoms with Crippen molar-refractivity contribution in [2.75, 3.05) is 19.3 Å². The van der Waals surface area contributed by atoms with Gasteiger partial charge in [-0.25, -0.2) is 9.19 Å². The molecule has 0 bridgehead atoms. The van der Waals surface area contributed by atoms with Gasteiger partial charge in [0.2, 0.25) is 6.04 Å². The number of rotatable bonds is 5. The third-order valence-corrected chi connectivity index (χ3v) is 8.06. The van der Waals surface area contributed by atoms with Crippen molar-refractivity contribution < 1.29 is 23.1 Å². The Labute approximate surface area is 179 Å². The normalized spacial score (nSPS) is 23.1. The van der Waals surface area contributed by atoms with Crippen LogP contribution < -0.4 is 0 Å². The van der Waals surface area contributed by atoms with Gasteiger partial charge in [0.15, 0.2) is 12.2 Å². The van der Waals surface area contributed by atoms with E-state index in [0.717, 1.165) is 5.56 Å². The first-order chi connectivity index (χ1) is 14.8. The summed E-state index contributed by atoms with van der Waals surface area (Å²) < 4.78 is 22.1. The lowest BCUT2D eigenvalue weighted by Crippen LogP contribution is -2.42. The Bertz CT molecular complexity index is 1110. The first-order valence-electron chi connectivity index (χ1n) is 9.93. The molecular weight excluding hydrogens is 424 g/mol. The molecule has 1 saturated carbocycles. The van der Waals surface area contributed by atoms with Gasteiger partial charge < -0.3 is 9.32 Å². The smallest absolute Gasteiger partial charge is 0.264 e. The molecule has 2 aliphatic rings. The summed E-state index contributed by atoms with van der Waals surface area (Å²) in [7, 11) is -2.83. The highest BCUT2D eigenvalue weighted by molar-refractivity contribution is 7.93. The molecule has 11 heteroatoms. The fourth-order valence-electron chi connectivity index (χ4n) is 3.82. The average Bonchev–Trinajstić information content (AvgIpc) is 3.40. The van der Waals surface area contributed by atoms with Crippen LogP contribution in [0.4, 0.5) is 0 Å². The Morgan fingerprint density at radius 3 is 2.48 bits per heavy atom. The van der Waals surface area contributed by atoms with Crippen LogP contribution in [-0.4, -0.2) is 61.5 Å². The first kappa shape index (κ1) is 21.2. The Hall–Kier alpha value is -3.08. The summed E-state index contributed by atoms with van der Waals surface area (Å²) in [6.07, 6.45) is 5.44. The summed E-state index contributed by atoms with van der Waals surface area (Å²) in [5.74, 6) is -0.895.